The fourth-order valence-corrected chi connectivity index (χ4v) is 3.10. The second-order valence-electron chi connectivity index (χ2n) is 5.60. The van der Waals surface area contributed by atoms with E-state index >= 15 is 0 Å². The Bertz CT molecular complexity index is 543. The number of anilines is 1. The third-order valence-electron chi connectivity index (χ3n) is 3.96. The predicted molar refractivity (Wildman–Crippen MR) is 89.3 cm³/mol. The van der Waals surface area contributed by atoms with E-state index in [0.717, 1.165) is 18.8 Å². The van der Waals surface area contributed by atoms with Crippen LogP contribution in [0.25, 0.3) is 0 Å². The summed E-state index contributed by atoms with van der Waals surface area (Å²) in [6, 6.07) is 4.87. The summed E-state index contributed by atoms with van der Waals surface area (Å²) in [4.78, 5) is 23.5. The first-order valence-corrected chi connectivity index (χ1v) is 8.36. The Morgan fingerprint density at radius 1 is 1.14 bits per heavy atom. The van der Waals surface area contributed by atoms with Gasteiger partial charge in [0.2, 0.25) is 0 Å². The van der Waals surface area contributed by atoms with Gasteiger partial charge >= 0.3 is 11.8 Å². The van der Waals surface area contributed by atoms with Crippen molar-refractivity contribution in [2.24, 2.45) is 5.92 Å². The summed E-state index contributed by atoms with van der Waals surface area (Å²) in [5.74, 6) is -0.594. The van der Waals surface area contributed by atoms with E-state index in [0.29, 0.717) is 17.3 Å². The number of hydrogen-bond donors (Lipinski definition) is 2. The van der Waals surface area contributed by atoms with E-state index in [2.05, 4.69) is 10.6 Å². The average Bonchev–Trinajstić information content (AvgIpc) is 3.01. The molecule has 4 nitrogen and oxygen atoms in total. The maximum atomic E-state index is 11.8. The molecule has 1 fully saturated rings. The lowest BCUT2D eigenvalue weighted by molar-refractivity contribution is -0.136. The first kappa shape index (κ1) is 17.1. The van der Waals surface area contributed by atoms with Gasteiger partial charge in [-0.1, -0.05) is 55.0 Å². The SMILES string of the molecule is O=C(NCCCC1CCCC1)C(=O)Nc1cccc(Cl)c1Cl. The maximum absolute atomic E-state index is 11.8. The van der Waals surface area contributed by atoms with Crippen LogP contribution in [0.1, 0.15) is 38.5 Å². The molecule has 1 aromatic rings. The van der Waals surface area contributed by atoms with Crippen LogP contribution in [-0.4, -0.2) is 18.4 Å². The van der Waals surface area contributed by atoms with Gasteiger partial charge in [-0.05, 0) is 30.9 Å². The van der Waals surface area contributed by atoms with Gasteiger partial charge in [-0.2, -0.15) is 0 Å². The van der Waals surface area contributed by atoms with Crippen molar-refractivity contribution in [2.75, 3.05) is 11.9 Å². The number of benzene rings is 1. The zero-order valence-corrected chi connectivity index (χ0v) is 13.8. The van der Waals surface area contributed by atoms with Crippen LogP contribution < -0.4 is 10.6 Å². The van der Waals surface area contributed by atoms with Gasteiger partial charge < -0.3 is 10.6 Å². The molecule has 1 aromatic carbocycles. The molecule has 0 heterocycles. The van der Waals surface area contributed by atoms with Gasteiger partial charge in [0.1, 0.15) is 0 Å². The Labute approximate surface area is 140 Å². The molecule has 1 saturated carbocycles. The van der Waals surface area contributed by atoms with Gasteiger partial charge in [-0.3, -0.25) is 9.59 Å². The average molecular weight is 343 g/mol. The number of carbonyl (C=O) groups is 2. The van der Waals surface area contributed by atoms with Crippen LogP contribution >= 0.6 is 23.2 Å². The second kappa shape index (κ2) is 8.39. The summed E-state index contributed by atoms with van der Waals surface area (Å²) in [5.41, 5.74) is 0.334. The molecule has 0 saturated heterocycles. The summed E-state index contributed by atoms with van der Waals surface area (Å²) in [6.07, 6.45) is 7.24. The van der Waals surface area contributed by atoms with Crippen molar-refractivity contribution in [2.45, 2.75) is 38.5 Å². The summed E-state index contributed by atoms with van der Waals surface area (Å²) >= 11 is 11.8. The minimum absolute atomic E-state index is 0.228. The van der Waals surface area contributed by atoms with E-state index in [1.807, 2.05) is 0 Å². The van der Waals surface area contributed by atoms with E-state index in [4.69, 9.17) is 23.2 Å². The molecule has 0 atom stereocenters. The maximum Gasteiger partial charge on any atom is 0.313 e. The molecule has 2 N–H and O–H groups in total. The number of carbonyl (C=O) groups excluding carboxylic acids is 2. The van der Waals surface area contributed by atoms with E-state index in [1.54, 1.807) is 18.2 Å². The zero-order chi connectivity index (χ0) is 15.9. The molecule has 2 amide bonds. The first-order valence-electron chi connectivity index (χ1n) is 7.61. The molecule has 0 aliphatic heterocycles. The third kappa shape index (κ3) is 4.89. The monoisotopic (exact) mass is 342 g/mol. The van der Waals surface area contributed by atoms with Crippen LogP contribution in [0, 0.1) is 5.92 Å². The second-order valence-corrected chi connectivity index (χ2v) is 6.39. The van der Waals surface area contributed by atoms with Crippen LogP contribution in [0.2, 0.25) is 10.0 Å². The van der Waals surface area contributed by atoms with Crippen molar-refractivity contribution in [3.8, 4) is 0 Å². The highest BCUT2D eigenvalue weighted by Gasteiger charge is 2.17. The Balaban J connectivity index is 1.72. The van der Waals surface area contributed by atoms with Crippen molar-refractivity contribution in [3.63, 3.8) is 0 Å². The molecule has 0 radical (unpaired) electrons. The first-order chi connectivity index (χ1) is 10.6. The van der Waals surface area contributed by atoms with Crippen LogP contribution in [-0.2, 0) is 9.59 Å². The largest absolute Gasteiger partial charge is 0.348 e. The van der Waals surface area contributed by atoms with Crippen molar-refractivity contribution in [1.29, 1.82) is 0 Å². The number of nitrogens with one attached hydrogen (secondary N) is 2. The van der Waals surface area contributed by atoms with Gasteiger partial charge in [-0.15, -0.1) is 0 Å². The molecule has 0 spiro atoms. The molecule has 1 aliphatic rings. The molecule has 6 heteroatoms. The van der Waals surface area contributed by atoms with Crippen molar-refractivity contribution in [1.82, 2.24) is 5.32 Å². The summed E-state index contributed by atoms with van der Waals surface area (Å²) in [7, 11) is 0. The van der Waals surface area contributed by atoms with Gasteiger partial charge in [0, 0.05) is 6.54 Å². The highest BCUT2D eigenvalue weighted by Crippen LogP contribution is 2.29. The molecule has 22 heavy (non-hydrogen) atoms. The lowest BCUT2D eigenvalue weighted by Crippen LogP contribution is -2.36. The van der Waals surface area contributed by atoms with Crippen molar-refractivity contribution >= 4 is 40.7 Å². The van der Waals surface area contributed by atoms with Crippen molar-refractivity contribution < 1.29 is 9.59 Å². The normalized spacial score (nSPS) is 14.8. The number of halogens is 2. The highest BCUT2D eigenvalue weighted by atomic mass is 35.5. The predicted octanol–water partition coefficient (Wildman–Crippen LogP) is 4.02. The Hall–Kier alpha value is -1.26. The highest BCUT2D eigenvalue weighted by molar-refractivity contribution is 6.45. The molecular formula is C16H20Cl2N2O2. The molecule has 0 bridgehead atoms. The molecule has 0 aromatic heterocycles. The third-order valence-corrected chi connectivity index (χ3v) is 4.77. The van der Waals surface area contributed by atoms with E-state index in [-0.39, 0.29) is 5.02 Å². The van der Waals surface area contributed by atoms with E-state index in [9.17, 15) is 9.59 Å². The lowest BCUT2D eigenvalue weighted by Gasteiger charge is -2.10. The molecule has 120 valence electrons. The number of rotatable bonds is 5. The fourth-order valence-electron chi connectivity index (χ4n) is 2.75. The number of hydrogen-bond acceptors (Lipinski definition) is 2. The van der Waals surface area contributed by atoms with Crippen LogP contribution in [0.3, 0.4) is 0 Å². The Morgan fingerprint density at radius 2 is 1.86 bits per heavy atom. The van der Waals surface area contributed by atoms with Crippen LogP contribution in [0.4, 0.5) is 5.69 Å². The van der Waals surface area contributed by atoms with Gasteiger partial charge in [-0.25, -0.2) is 0 Å². The molecule has 1 aliphatic carbocycles. The number of amides is 2. The molecular weight excluding hydrogens is 323 g/mol. The Morgan fingerprint density at radius 3 is 2.59 bits per heavy atom. The lowest BCUT2D eigenvalue weighted by atomic mass is 10.0. The standard InChI is InChI=1S/C16H20Cl2N2O2/c17-12-8-3-9-13(14(12)18)20-16(22)15(21)19-10-4-7-11-5-1-2-6-11/h3,8-9,11H,1-2,4-7,10H2,(H,19,21)(H,20,22). The summed E-state index contributed by atoms with van der Waals surface area (Å²) < 4.78 is 0. The van der Waals surface area contributed by atoms with Crippen molar-refractivity contribution in [3.05, 3.63) is 28.2 Å². The minimum Gasteiger partial charge on any atom is -0.348 e. The topological polar surface area (TPSA) is 58.2 Å². The minimum atomic E-state index is -0.731. The van der Waals surface area contributed by atoms with E-state index in [1.165, 1.54) is 25.7 Å². The van der Waals surface area contributed by atoms with Gasteiger partial charge in [0.15, 0.2) is 0 Å². The van der Waals surface area contributed by atoms with E-state index < -0.39 is 11.8 Å². The van der Waals surface area contributed by atoms with Gasteiger partial charge in [0.25, 0.3) is 0 Å². The van der Waals surface area contributed by atoms with Gasteiger partial charge in [0.05, 0.1) is 15.7 Å². The van der Waals surface area contributed by atoms with Crippen LogP contribution in [0.5, 0.6) is 0 Å². The fraction of sp³-hybridized carbons (Fsp3) is 0.500. The molecule has 0 unspecified atom stereocenters. The summed E-state index contributed by atoms with van der Waals surface area (Å²) in [6.45, 7) is 0.520. The quantitative estimate of drug-likeness (QED) is 0.627. The zero-order valence-electron chi connectivity index (χ0n) is 12.3. The smallest absolute Gasteiger partial charge is 0.313 e. The summed E-state index contributed by atoms with van der Waals surface area (Å²) in [5, 5.41) is 5.66. The van der Waals surface area contributed by atoms with Crippen LogP contribution in [0.15, 0.2) is 18.2 Å². The Kier molecular flexibility index (Phi) is 6.52. The molecule has 2 rings (SSSR count).